The standard InChI is InChI=1S/C10H11N3O/c1-2-9(14)6-3-4-7-8(5-6)12-13-10(7)11/h3-5H,2H2,1H3,(H3,11,12,13). The van der Waals surface area contributed by atoms with Crippen LogP contribution in [0.5, 0.6) is 0 Å². The first-order chi connectivity index (χ1) is 6.72. The quantitative estimate of drug-likeness (QED) is 0.707. The zero-order valence-electron chi connectivity index (χ0n) is 7.87. The Balaban J connectivity index is 2.57. The van der Waals surface area contributed by atoms with Gasteiger partial charge >= 0.3 is 0 Å². The molecule has 0 saturated heterocycles. The number of fused-ring (bicyclic) bond motifs is 1. The van der Waals surface area contributed by atoms with Gasteiger partial charge in [-0.05, 0) is 12.1 Å². The van der Waals surface area contributed by atoms with Crippen molar-refractivity contribution in [2.24, 2.45) is 0 Å². The van der Waals surface area contributed by atoms with Crippen LogP contribution in [0.1, 0.15) is 23.7 Å². The molecular formula is C10H11N3O. The van der Waals surface area contributed by atoms with Crippen molar-refractivity contribution in [2.45, 2.75) is 13.3 Å². The van der Waals surface area contributed by atoms with Gasteiger partial charge in [0.05, 0.1) is 5.52 Å². The summed E-state index contributed by atoms with van der Waals surface area (Å²) >= 11 is 0. The highest BCUT2D eigenvalue weighted by Gasteiger charge is 2.06. The van der Waals surface area contributed by atoms with E-state index in [1.165, 1.54) is 0 Å². The number of anilines is 1. The molecule has 0 unspecified atom stereocenters. The molecule has 0 amide bonds. The maximum absolute atomic E-state index is 11.4. The second kappa shape index (κ2) is 3.14. The van der Waals surface area contributed by atoms with E-state index in [-0.39, 0.29) is 5.78 Å². The monoisotopic (exact) mass is 189 g/mol. The van der Waals surface area contributed by atoms with Gasteiger partial charge in [0.15, 0.2) is 11.6 Å². The number of aromatic nitrogens is 2. The molecule has 1 aromatic carbocycles. The van der Waals surface area contributed by atoms with E-state index in [0.717, 1.165) is 10.9 Å². The molecule has 0 fully saturated rings. The van der Waals surface area contributed by atoms with Gasteiger partial charge in [0.25, 0.3) is 0 Å². The van der Waals surface area contributed by atoms with Crippen LogP contribution >= 0.6 is 0 Å². The number of carbonyl (C=O) groups excluding carboxylic acids is 1. The number of nitrogens with two attached hydrogens (primary N) is 1. The second-order valence-corrected chi connectivity index (χ2v) is 3.15. The van der Waals surface area contributed by atoms with Crippen LogP contribution in [0, 0.1) is 0 Å². The molecule has 14 heavy (non-hydrogen) atoms. The lowest BCUT2D eigenvalue weighted by atomic mass is 10.1. The molecule has 4 heteroatoms. The Kier molecular flexibility index (Phi) is 1.96. The van der Waals surface area contributed by atoms with Gasteiger partial charge < -0.3 is 5.73 Å². The molecule has 0 atom stereocenters. The predicted molar refractivity (Wildman–Crippen MR) is 55.1 cm³/mol. The van der Waals surface area contributed by atoms with Crippen molar-refractivity contribution < 1.29 is 4.79 Å². The number of nitrogens with one attached hydrogen (secondary N) is 1. The molecule has 0 aliphatic rings. The number of hydrogen-bond donors (Lipinski definition) is 2. The fourth-order valence-electron chi connectivity index (χ4n) is 1.42. The van der Waals surface area contributed by atoms with Gasteiger partial charge in [-0.25, -0.2) is 0 Å². The summed E-state index contributed by atoms with van der Waals surface area (Å²) in [5.74, 6) is 0.593. The summed E-state index contributed by atoms with van der Waals surface area (Å²) in [5, 5.41) is 7.50. The van der Waals surface area contributed by atoms with Crippen molar-refractivity contribution in [3.05, 3.63) is 23.8 Å². The summed E-state index contributed by atoms with van der Waals surface area (Å²) in [7, 11) is 0. The zero-order chi connectivity index (χ0) is 10.1. The van der Waals surface area contributed by atoms with Crippen LogP contribution in [0.25, 0.3) is 10.9 Å². The molecule has 0 radical (unpaired) electrons. The largest absolute Gasteiger partial charge is 0.382 e. The molecule has 2 aromatic rings. The van der Waals surface area contributed by atoms with Crippen LogP contribution < -0.4 is 5.73 Å². The topological polar surface area (TPSA) is 71.8 Å². The fraction of sp³-hybridized carbons (Fsp3) is 0.200. The molecule has 0 aliphatic carbocycles. The minimum atomic E-state index is 0.125. The van der Waals surface area contributed by atoms with Crippen LogP contribution in [0.2, 0.25) is 0 Å². The Morgan fingerprint density at radius 3 is 3.07 bits per heavy atom. The second-order valence-electron chi connectivity index (χ2n) is 3.15. The molecule has 0 bridgehead atoms. The molecule has 0 saturated carbocycles. The van der Waals surface area contributed by atoms with E-state index in [4.69, 9.17) is 5.73 Å². The molecule has 1 aromatic heterocycles. The van der Waals surface area contributed by atoms with Gasteiger partial charge in [-0.1, -0.05) is 13.0 Å². The summed E-state index contributed by atoms with van der Waals surface area (Å²) in [5.41, 5.74) is 7.11. The average Bonchev–Trinajstić information content (AvgIpc) is 2.59. The Morgan fingerprint density at radius 2 is 2.36 bits per heavy atom. The Hall–Kier alpha value is -1.84. The number of ketones is 1. The predicted octanol–water partition coefficient (Wildman–Crippen LogP) is 1.74. The summed E-state index contributed by atoms with van der Waals surface area (Å²) in [6.07, 6.45) is 0.509. The first-order valence-electron chi connectivity index (χ1n) is 4.49. The number of aromatic amines is 1. The molecule has 0 aliphatic heterocycles. The number of nitrogens with zero attached hydrogens (tertiary/aromatic N) is 1. The number of benzene rings is 1. The molecule has 4 nitrogen and oxygen atoms in total. The Bertz CT molecular complexity index is 487. The van der Waals surface area contributed by atoms with Crippen LogP contribution in [0.4, 0.5) is 5.82 Å². The number of hydrogen-bond acceptors (Lipinski definition) is 3. The van der Waals surface area contributed by atoms with E-state index >= 15 is 0 Å². The summed E-state index contributed by atoms with van der Waals surface area (Å²) in [4.78, 5) is 11.4. The minimum Gasteiger partial charge on any atom is -0.382 e. The summed E-state index contributed by atoms with van der Waals surface area (Å²) < 4.78 is 0. The first-order valence-corrected chi connectivity index (χ1v) is 4.49. The highest BCUT2D eigenvalue weighted by molar-refractivity contribution is 6.00. The van der Waals surface area contributed by atoms with Gasteiger partial charge in [0.1, 0.15) is 0 Å². The molecule has 0 spiro atoms. The average molecular weight is 189 g/mol. The van der Waals surface area contributed by atoms with E-state index < -0.39 is 0 Å². The summed E-state index contributed by atoms with van der Waals surface area (Å²) in [6, 6.07) is 5.38. The minimum absolute atomic E-state index is 0.125. The number of nitrogen functional groups attached to an aromatic ring is 1. The molecular weight excluding hydrogens is 178 g/mol. The van der Waals surface area contributed by atoms with Gasteiger partial charge in [-0.15, -0.1) is 0 Å². The smallest absolute Gasteiger partial charge is 0.162 e. The lowest BCUT2D eigenvalue weighted by Gasteiger charge is -1.97. The number of rotatable bonds is 2. The molecule has 2 rings (SSSR count). The molecule has 72 valence electrons. The zero-order valence-corrected chi connectivity index (χ0v) is 7.87. The highest BCUT2D eigenvalue weighted by Crippen LogP contribution is 2.19. The maximum Gasteiger partial charge on any atom is 0.162 e. The normalized spacial score (nSPS) is 10.6. The highest BCUT2D eigenvalue weighted by atomic mass is 16.1. The van der Waals surface area contributed by atoms with E-state index in [1.807, 2.05) is 13.0 Å². The van der Waals surface area contributed by atoms with Crippen molar-refractivity contribution in [3.8, 4) is 0 Å². The van der Waals surface area contributed by atoms with Gasteiger partial charge in [-0.2, -0.15) is 5.10 Å². The third-order valence-electron chi connectivity index (χ3n) is 2.24. The first kappa shape index (κ1) is 8.74. The summed E-state index contributed by atoms with van der Waals surface area (Å²) in [6.45, 7) is 1.84. The maximum atomic E-state index is 11.4. The van der Waals surface area contributed by atoms with E-state index in [9.17, 15) is 4.79 Å². The van der Waals surface area contributed by atoms with Crippen molar-refractivity contribution >= 4 is 22.5 Å². The number of Topliss-reactive ketones (excluding diaryl/α,β-unsaturated/α-hetero) is 1. The Labute approximate surface area is 81.1 Å². The van der Waals surface area contributed by atoms with Crippen LogP contribution in [-0.4, -0.2) is 16.0 Å². The lowest BCUT2D eigenvalue weighted by molar-refractivity contribution is 0.0988. The Morgan fingerprint density at radius 1 is 1.57 bits per heavy atom. The van der Waals surface area contributed by atoms with Gasteiger partial charge in [0.2, 0.25) is 0 Å². The molecule has 3 N–H and O–H groups in total. The third kappa shape index (κ3) is 1.25. The van der Waals surface area contributed by atoms with Crippen molar-refractivity contribution in [3.63, 3.8) is 0 Å². The SMILES string of the molecule is CCC(=O)c1ccc2c(N)n[nH]c2c1. The van der Waals surface area contributed by atoms with Crippen molar-refractivity contribution in [1.82, 2.24) is 10.2 Å². The molecule has 1 heterocycles. The fourth-order valence-corrected chi connectivity index (χ4v) is 1.42. The van der Waals surface area contributed by atoms with Crippen molar-refractivity contribution in [1.29, 1.82) is 0 Å². The van der Waals surface area contributed by atoms with Crippen LogP contribution in [0.3, 0.4) is 0 Å². The third-order valence-corrected chi connectivity index (χ3v) is 2.24. The van der Waals surface area contributed by atoms with Gasteiger partial charge in [0, 0.05) is 17.4 Å². The lowest BCUT2D eigenvalue weighted by Crippen LogP contribution is -1.95. The number of carbonyl (C=O) groups is 1. The van der Waals surface area contributed by atoms with Gasteiger partial charge in [-0.3, -0.25) is 9.89 Å². The van der Waals surface area contributed by atoms with Crippen molar-refractivity contribution in [2.75, 3.05) is 5.73 Å². The number of H-pyrrole nitrogens is 1. The van der Waals surface area contributed by atoms with Crippen LogP contribution in [0.15, 0.2) is 18.2 Å². The van der Waals surface area contributed by atoms with E-state index in [1.54, 1.807) is 12.1 Å². The van der Waals surface area contributed by atoms with E-state index in [2.05, 4.69) is 10.2 Å². The van der Waals surface area contributed by atoms with E-state index in [0.29, 0.717) is 17.8 Å². The van der Waals surface area contributed by atoms with Crippen LogP contribution in [-0.2, 0) is 0 Å².